The molecular weight excluding hydrogens is 472 g/mol. The molecule has 0 fully saturated rings. The van der Waals surface area contributed by atoms with Crippen LogP contribution in [0.3, 0.4) is 0 Å². The quantitative estimate of drug-likeness (QED) is 0.319. The Balaban J connectivity index is 1.57. The molecule has 7 rings (SSSR count). The first-order valence-corrected chi connectivity index (χ1v) is 11.7. The van der Waals surface area contributed by atoms with Crippen LogP contribution in [-0.4, -0.2) is 19.9 Å². The standard InChI is InChI=1S/C30H12N8/c31-11-15(12-32)29-21-6-18-20-8-26-28(38-4-2-36-26)10-24(20)30(16(13-33)14-34)22(18)5-17(21)19-7-25-27(9-23(19)29)37-3-1-35-25/h1-10,17,21H. The highest BCUT2D eigenvalue weighted by Gasteiger charge is 2.43. The molecule has 2 aromatic carbocycles. The molecule has 8 heteroatoms. The predicted molar refractivity (Wildman–Crippen MR) is 138 cm³/mol. The normalized spacial score (nSPS) is 18.1. The fourth-order valence-corrected chi connectivity index (χ4v) is 5.90. The topological polar surface area (TPSA) is 147 Å². The van der Waals surface area contributed by atoms with E-state index in [1.165, 1.54) is 0 Å². The van der Waals surface area contributed by atoms with Crippen molar-refractivity contribution in [3.05, 3.63) is 100 Å². The van der Waals surface area contributed by atoms with Crippen LogP contribution in [0.2, 0.25) is 0 Å². The summed E-state index contributed by atoms with van der Waals surface area (Å²) in [5.74, 6) is -0.525. The maximum Gasteiger partial charge on any atom is 0.138 e. The largest absolute Gasteiger partial charge is 0.253 e. The molecule has 172 valence electrons. The third kappa shape index (κ3) is 2.75. The molecule has 0 amide bonds. The van der Waals surface area contributed by atoms with Gasteiger partial charge in [0.1, 0.15) is 35.4 Å². The molecular formula is C30H12N8. The van der Waals surface area contributed by atoms with Crippen LogP contribution < -0.4 is 0 Å². The third-order valence-corrected chi connectivity index (χ3v) is 7.40. The van der Waals surface area contributed by atoms with Gasteiger partial charge >= 0.3 is 0 Å². The van der Waals surface area contributed by atoms with E-state index >= 15 is 0 Å². The summed E-state index contributed by atoms with van der Waals surface area (Å²) in [5.41, 5.74) is 8.88. The van der Waals surface area contributed by atoms with Crippen LogP contribution in [-0.2, 0) is 0 Å². The van der Waals surface area contributed by atoms with Crippen molar-refractivity contribution in [1.82, 2.24) is 19.9 Å². The van der Waals surface area contributed by atoms with Crippen molar-refractivity contribution in [2.45, 2.75) is 5.92 Å². The SMILES string of the molecule is N#CC(C#N)=C1C2=CC3c4cc5nccnc5cc4C(=C(C#N)C#N)C3C=C2c2cc3nccnc3cc21. The van der Waals surface area contributed by atoms with E-state index in [4.69, 9.17) is 0 Å². The molecule has 2 aromatic heterocycles. The minimum atomic E-state index is -0.299. The van der Waals surface area contributed by atoms with Crippen LogP contribution in [0.1, 0.15) is 28.2 Å². The minimum absolute atomic E-state index is 0.00990. The highest BCUT2D eigenvalue weighted by Crippen LogP contribution is 2.58. The van der Waals surface area contributed by atoms with Gasteiger partial charge in [0.2, 0.25) is 0 Å². The molecule has 0 aliphatic heterocycles. The molecule has 2 unspecified atom stereocenters. The van der Waals surface area contributed by atoms with E-state index in [2.05, 4.69) is 56.4 Å². The highest BCUT2D eigenvalue weighted by molar-refractivity contribution is 6.13. The van der Waals surface area contributed by atoms with Gasteiger partial charge in [0.15, 0.2) is 0 Å². The molecule has 0 saturated carbocycles. The van der Waals surface area contributed by atoms with Crippen LogP contribution in [0, 0.1) is 51.2 Å². The van der Waals surface area contributed by atoms with Gasteiger partial charge in [-0.05, 0) is 63.2 Å². The first-order chi connectivity index (χ1) is 18.7. The Bertz CT molecular complexity index is 2050. The van der Waals surface area contributed by atoms with E-state index < -0.39 is 0 Å². The number of allylic oxidation sites excluding steroid dienone is 8. The van der Waals surface area contributed by atoms with Crippen LogP contribution in [0.25, 0.3) is 38.8 Å². The van der Waals surface area contributed by atoms with Crippen molar-refractivity contribution in [1.29, 1.82) is 21.0 Å². The lowest BCUT2D eigenvalue weighted by Gasteiger charge is -2.23. The first-order valence-electron chi connectivity index (χ1n) is 11.7. The molecule has 0 saturated heterocycles. The Labute approximate surface area is 216 Å². The lowest BCUT2D eigenvalue weighted by molar-refractivity contribution is 0.752. The zero-order valence-corrected chi connectivity index (χ0v) is 19.5. The van der Waals surface area contributed by atoms with Gasteiger partial charge in [-0.3, -0.25) is 19.9 Å². The molecule has 2 atom stereocenters. The molecule has 3 aliphatic carbocycles. The van der Waals surface area contributed by atoms with E-state index in [9.17, 15) is 21.0 Å². The number of nitrogens with zero attached hydrogens (tertiary/aromatic N) is 8. The lowest BCUT2D eigenvalue weighted by atomic mass is 9.79. The Hall–Kier alpha value is -5.96. The number of nitriles is 4. The zero-order chi connectivity index (χ0) is 26.0. The van der Waals surface area contributed by atoms with E-state index in [1.54, 1.807) is 24.8 Å². The monoisotopic (exact) mass is 484 g/mol. The van der Waals surface area contributed by atoms with Gasteiger partial charge in [0, 0.05) is 42.2 Å². The predicted octanol–water partition coefficient (Wildman–Crippen LogP) is 4.93. The van der Waals surface area contributed by atoms with Crippen molar-refractivity contribution < 1.29 is 0 Å². The van der Waals surface area contributed by atoms with Crippen molar-refractivity contribution in [3.8, 4) is 24.3 Å². The van der Waals surface area contributed by atoms with Crippen LogP contribution >= 0.6 is 0 Å². The van der Waals surface area contributed by atoms with Crippen LogP contribution in [0.15, 0.2) is 77.9 Å². The number of benzene rings is 2. The second-order valence-electron chi connectivity index (χ2n) is 9.13. The van der Waals surface area contributed by atoms with E-state index in [-0.39, 0.29) is 23.0 Å². The van der Waals surface area contributed by atoms with Gasteiger partial charge in [-0.25, -0.2) is 0 Å². The number of hydrogen-bond acceptors (Lipinski definition) is 8. The summed E-state index contributed by atoms with van der Waals surface area (Å²) < 4.78 is 0. The number of fused-ring (bicyclic) bond motifs is 8. The molecule has 8 nitrogen and oxygen atoms in total. The Kier molecular flexibility index (Phi) is 4.36. The second-order valence-corrected chi connectivity index (χ2v) is 9.13. The second kappa shape index (κ2) is 7.77. The first kappa shape index (κ1) is 21.3. The highest BCUT2D eigenvalue weighted by atomic mass is 14.8. The van der Waals surface area contributed by atoms with Crippen molar-refractivity contribution >= 4 is 38.8 Å². The minimum Gasteiger partial charge on any atom is -0.253 e. The average Bonchev–Trinajstić information content (AvgIpc) is 3.42. The molecule has 0 spiro atoms. The number of aromatic nitrogens is 4. The maximum atomic E-state index is 9.87. The molecule has 0 N–H and O–H groups in total. The maximum absolute atomic E-state index is 9.87. The fourth-order valence-electron chi connectivity index (χ4n) is 5.90. The van der Waals surface area contributed by atoms with Gasteiger partial charge in [-0.2, -0.15) is 21.0 Å². The van der Waals surface area contributed by atoms with Gasteiger partial charge in [-0.15, -0.1) is 0 Å². The Morgan fingerprint density at radius 3 is 1.63 bits per heavy atom. The number of hydrogen-bond donors (Lipinski definition) is 0. The molecule has 0 bridgehead atoms. The smallest absolute Gasteiger partial charge is 0.138 e. The molecule has 0 radical (unpaired) electrons. The van der Waals surface area contributed by atoms with Gasteiger partial charge in [0.05, 0.1) is 22.1 Å². The molecule has 38 heavy (non-hydrogen) atoms. The summed E-state index contributed by atoms with van der Waals surface area (Å²) in [6.45, 7) is 0. The van der Waals surface area contributed by atoms with Crippen molar-refractivity contribution in [3.63, 3.8) is 0 Å². The molecule has 4 aromatic rings. The van der Waals surface area contributed by atoms with E-state index in [0.29, 0.717) is 33.2 Å². The Morgan fingerprint density at radius 1 is 0.553 bits per heavy atom. The molecule has 3 aliphatic rings. The summed E-state index contributed by atoms with van der Waals surface area (Å²) in [7, 11) is 0. The van der Waals surface area contributed by atoms with Crippen LogP contribution in [0.5, 0.6) is 0 Å². The van der Waals surface area contributed by atoms with E-state index in [1.807, 2.05) is 24.3 Å². The summed E-state index contributed by atoms with van der Waals surface area (Å²) in [6.07, 6.45) is 10.6. The lowest BCUT2D eigenvalue weighted by Crippen LogP contribution is -2.09. The molecule has 2 heterocycles. The Morgan fingerprint density at radius 2 is 1.05 bits per heavy atom. The summed E-state index contributed by atoms with van der Waals surface area (Å²) in [6, 6.07) is 15.9. The van der Waals surface area contributed by atoms with Crippen LogP contribution in [0.4, 0.5) is 0 Å². The summed E-state index contributed by atoms with van der Waals surface area (Å²) in [5, 5.41) is 39.5. The average molecular weight is 484 g/mol. The van der Waals surface area contributed by atoms with Gasteiger partial charge < -0.3 is 0 Å². The van der Waals surface area contributed by atoms with Gasteiger partial charge in [0.25, 0.3) is 0 Å². The summed E-state index contributed by atoms with van der Waals surface area (Å²) >= 11 is 0. The van der Waals surface area contributed by atoms with Crippen molar-refractivity contribution in [2.24, 2.45) is 5.92 Å². The fraction of sp³-hybridized carbons (Fsp3) is 0.0667. The van der Waals surface area contributed by atoms with Gasteiger partial charge in [-0.1, -0.05) is 12.2 Å². The third-order valence-electron chi connectivity index (χ3n) is 7.40. The van der Waals surface area contributed by atoms with E-state index in [0.717, 1.165) is 33.4 Å². The number of rotatable bonds is 0. The van der Waals surface area contributed by atoms with Crippen molar-refractivity contribution in [2.75, 3.05) is 0 Å². The summed E-state index contributed by atoms with van der Waals surface area (Å²) in [4.78, 5) is 17.7. The zero-order valence-electron chi connectivity index (χ0n) is 19.5.